The molecule has 3 aromatic carbocycles. The summed E-state index contributed by atoms with van der Waals surface area (Å²) in [4.78, 5) is 32.6. The SMILES string of the molecule is Cc1ccc(-c2ccc(N3CCN(C(=O)CN(C(=O)c4ccccc4)C(C)c4ccccc4)CC3)nn2)cc1. The van der Waals surface area contributed by atoms with Gasteiger partial charge in [-0.15, -0.1) is 10.2 Å². The number of nitrogens with zero attached hydrogens (tertiary/aromatic N) is 5. The van der Waals surface area contributed by atoms with Gasteiger partial charge in [-0.1, -0.05) is 78.4 Å². The fraction of sp³-hybridized carbons (Fsp3) is 0.250. The highest BCUT2D eigenvalue weighted by atomic mass is 16.2. The van der Waals surface area contributed by atoms with Gasteiger partial charge < -0.3 is 14.7 Å². The van der Waals surface area contributed by atoms with Crippen molar-refractivity contribution in [1.29, 1.82) is 0 Å². The molecule has 4 aromatic rings. The van der Waals surface area contributed by atoms with Crippen LogP contribution in [0.5, 0.6) is 0 Å². The third-order valence-corrected chi connectivity index (χ3v) is 7.29. The molecule has 1 unspecified atom stereocenters. The lowest BCUT2D eigenvalue weighted by Crippen LogP contribution is -2.52. The zero-order chi connectivity index (χ0) is 27.2. The van der Waals surface area contributed by atoms with Crippen LogP contribution in [-0.2, 0) is 4.79 Å². The summed E-state index contributed by atoms with van der Waals surface area (Å²) in [6, 6.07) is 31.0. The van der Waals surface area contributed by atoms with Crippen LogP contribution in [0.25, 0.3) is 11.3 Å². The number of carbonyl (C=O) groups excluding carboxylic acids is 2. The quantitative estimate of drug-likeness (QED) is 0.344. The van der Waals surface area contributed by atoms with Crippen molar-refractivity contribution in [3.8, 4) is 11.3 Å². The molecule has 7 heteroatoms. The van der Waals surface area contributed by atoms with E-state index in [1.54, 1.807) is 17.0 Å². The minimum absolute atomic E-state index is 0.0227. The van der Waals surface area contributed by atoms with Gasteiger partial charge in [-0.25, -0.2) is 0 Å². The topological polar surface area (TPSA) is 69.6 Å². The Morgan fingerprint density at radius 2 is 1.44 bits per heavy atom. The molecular formula is C32H33N5O2. The Labute approximate surface area is 229 Å². The van der Waals surface area contributed by atoms with Gasteiger partial charge in [-0.2, -0.15) is 0 Å². The van der Waals surface area contributed by atoms with Crippen molar-refractivity contribution in [3.05, 3.63) is 114 Å². The molecule has 0 N–H and O–H groups in total. The van der Waals surface area contributed by atoms with Gasteiger partial charge in [0.2, 0.25) is 5.91 Å². The van der Waals surface area contributed by atoms with Gasteiger partial charge in [-0.3, -0.25) is 9.59 Å². The normalized spacial score (nSPS) is 14.1. The minimum atomic E-state index is -0.244. The number of aromatic nitrogens is 2. The highest BCUT2D eigenvalue weighted by molar-refractivity contribution is 5.96. The van der Waals surface area contributed by atoms with E-state index < -0.39 is 0 Å². The highest BCUT2D eigenvalue weighted by Crippen LogP contribution is 2.24. The van der Waals surface area contributed by atoms with E-state index in [1.165, 1.54) is 5.56 Å². The Kier molecular flexibility index (Phi) is 7.96. The number of amides is 2. The van der Waals surface area contributed by atoms with Crippen molar-refractivity contribution in [2.75, 3.05) is 37.6 Å². The van der Waals surface area contributed by atoms with Gasteiger partial charge in [0, 0.05) is 37.3 Å². The largest absolute Gasteiger partial charge is 0.352 e. The first kappa shape index (κ1) is 26.1. The second-order valence-electron chi connectivity index (χ2n) is 9.90. The number of hydrogen-bond acceptors (Lipinski definition) is 5. The van der Waals surface area contributed by atoms with Crippen LogP contribution < -0.4 is 4.90 Å². The number of piperazine rings is 1. The minimum Gasteiger partial charge on any atom is -0.352 e. The Hall–Kier alpha value is -4.52. The maximum absolute atomic E-state index is 13.5. The van der Waals surface area contributed by atoms with E-state index in [9.17, 15) is 9.59 Å². The fourth-order valence-corrected chi connectivity index (χ4v) is 4.85. The highest BCUT2D eigenvalue weighted by Gasteiger charge is 2.29. The molecule has 0 bridgehead atoms. The van der Waals surface area contributed by atoms with Gasteiger partial charge in [0.25, 0.3) is 5.91 Å². The first-order valence-corrected chi connectivity index (χ1v) is 13.3. The second-order valence-corrected chi connectivity index (χ2v) is 9.90. The molecule has 1 atom stereocenters. The van der Waals surface area contributed by atoms with E-state index in [1.807, 2.05) is 84.6 Å². The average molecular weight is 520 g/mol. The number of aryl methyl sites for hydroxylation is 1. The first-order chi connectivity index (χ1) is 19.0. The molecule has 7 nitrogen and oxygen atoms in total. The zero-order valence-corrected chi connectivity index (χ0v) is 22.4. The molecule has 1 aliphatic heterocycles. The molecule has 0 saturated carbocycles. The van der Waals surface area contributed by atoms with Crippen LogP contribution in [0, 0.1) is 6.92 Å². The Bertz CT molecular complexity index is 1380. The van der Waals surface area contributed by atoms with E-state index >= 15 is 0 Å². The summed E-state index contributed by atoms with van der Waals surface area (Å²) in [5.41, 5.74) is 4.65. The summed E-state index contributed by atoms with van der Waals surface area (Å²) in [6.45, 7) is 6.50. The molecule has 1 aromatic heterocycles. The van der Waals surface area contributed by atoms with Crippen molar-refractivity contribution in [1.82, 2.24) is 20.0 Å². The van der Waals surface area contributed by atoms with E-state index in [4.69, 9.17) is 0 Å². The Morgan fingerprint density at radius 1 is 0.795 bits per heavy atom. The number of anilines is 1. The third-order valence-electron chi connectivity index (χ3n) is 7.29. The van der Waals surface area contributed by atoms with E-state index in [0.29, 0.717) is 31.7 Å². The predicted molar refractivity (Wildman–Crippen MR) is 153 cm³/mol. The van der Waals surface area contributed by atoms with Gasteiger partial charge in [0.05, 0.1) is 11.7 Å². The summed E-state index contributed by atoms with van der Waals surface area (Å²) in [6.07, 6.45) is 0. The van der Waals surface area contributed by atoms with Crippen LogP contribution in [0.4, 0.5) is 5.82 Å². The molecule has 1 aliphatic rings. The molecule has 0 radical (unpaired) electrons. The Balaban J connectivity index is 1.23. The van der Waals surface area contributed by atoms with E-state index in [-0.39, 0.29) is 24.4 Å². The third kappa shape index (κ3) is 6.14. The maximum Gasteiger partial charge on any atom is 0.254 e. The van der Waals surface area contributed by atoms with Crippen LogP contribution in [0.1, 0.15) is 34.5 Å². The van der Waals surface area contributed by atoms with Crippen molar-refractivity contribution in [2.45, 2.75) is 19.9 Å². The van der Waals surface area contributed by atoms with Crippen LogP contribution in [0.3, 0.4) is 0 Å². The van der Waals surface area contributed by atoms with Crippen LogP contribution in [-0.4, -0.2) is 64.5 Å². The van der Waals surface area contributed by atoms with Gasteiger partial charge in [-0.05, 0) is 43.7 Å². The van der Waals surface area contributed by atoms with Crippen molar-refractivity contribution >= 4 is 17.6 Å². The summed E-state index contributed by atoms with van der Waals surface area (Å²) in [5, 5.41) is 8.88. The van der Waals surface area contributed by atoms with Crippen LogP contribution in [0.2, 0.25) is 0 Å². The molecule has 1 fully saturated rings. The number of hydrogen-bond donors (Lipinski definition) is 0. The monoisotopic (exact) mass is 519 g/mol. The predicted octanol–water partition coefficient (Wildman–Crippen LogP) is 5.00. The maximum atomic E-state index is 13.5. The van der Waals surface area contributed by atoms with E-state index in [0.717, 1.165) is 22.6 Å². The van der Waals surface area contributed by atoms with Crippen molar-refractivity contribution < 1.29 is 9.59 Å². The molecule has 198 valence electrons. The molecule has 1 saturated heterocycles. The number of rotatable bonds is 7. The number of benzene rings is 3. The summed E-state index contributed by atoms with van der Waals surface area (Å²) in [7, 11) is 0. The van der Waals surface area contributed by atoms with Crippen molar-refractivity contribution in [3.63, 3.8) is 0 Å². The second kappa shape index (κ2) is 11.9. The van der Waals surface area contributed by atoms with Crippen LogP contribution in [0.15, 0.2) is 97.1 Å². The molecule has 2 amide bonds. The molecular weight excluding hydrogens is 486 g/mol. The molecule has 5 rings (SSSR count). The smallest absolute Gasteiger partial charge is 0.254 e. The standard InChI is InChI=1S/C32H33N5O2/c1-24-13-15-27(16-14-24)29-17-18-30(34-33-29)35-19-21-36(22-20-35)31(38)23-37(25(2)26-9-5-3-6-10-26)32(39)28-11-7-4-8-12-28/h3-18,25H,19-23H2,1-2H3. The summed E-state index contributed by atoms with van der Waals surface area (Å²) >= 11 is 0. The molecule has 0 aliphatic carbocycles. The van der Waals surface area contributed by atoms with Crippen molar-refractivity contribution in [2.24, 2.45) is 0 Å². The lowest BCUT2D eigenvalue weighted by atomic mass is 10.1. The van der Waals surface area contributed by atoms with Gasteiger partial charge in [0.1, 0.15) is 6.54 Å². The average Bonchev–Trinajstić information content (AvgIpc) is 3.00. The molecule has 39 heavy (non-hydrogen) atoms. The molecule has 2 heterocycles. The van der Waals surface area contributed by atoms with Gasteiger partial charge >= 0.3 is 0 Å². The number of carbonyl (C=O) groups is 2. The first-order valence-electron chi connectivity index (χ1n) is 13.3. The lowest BCUT2D eigenvalue weighted by molar-refractivity contribution is -0.132. The summed E-state index contributed by atoms with van der Waals surface area (Å²) < 4.78 is 0. The molecule has 0 spiro atoms. The Morgan fingerprint density at radius 3 is 2.05 bits per heavy atom. The van der Waals surface area contributed by atoms with Crippen LogP contribution >= 0.6 is 0 Å². The fourth-order valence-electron chi connectivity index (χ4n) is 4.85. The lowest BCUT2D eigenvalue weighted by Gasteiger charge is -2.37. The zero-order valence-electron chi connectivity index (χ0n) is 22.4. The van der Waals surface area contributed by atoms with Gasteiger partial charge in [0.15, 0.2) is 5.82 Å². The summed E-state index contributed by atoms with van der Waals surface area (Å²) in [5.74, 6) is 0.599. The van der Waals surface area contributed by atoms with E-state index in [2.05, 4.69) is 34.2 Å².